The van der Waals surface area contributed by atoms with Gasteiger partial charge in [-0.25, -0.2) is 9.97 Å². The number of amides is 1. The number of hydrogen-bond acceptors (Lipinski definition) is 6. The molecule has 1 atom stereocenters. The van der Waals surface area contributed by atoms with E-state index in [-0.39, 0.29) is 12.0 Å². The number of aliphatic hydroxyl groups excluding tert-OH is 1. The molecule has 2 heterocycles. The van der Waals surface area contributed by atoms with Crippen molar-refractivity contribution in [3.8, 4) is 0 Å². The van der Waals surface area contributed by atoms with Gasteiger partial charge in [-0.1, -0.05) is 6.92 Å². The number of carbonyl (C=O) groups is 1. The van der Waals surface area contributed by atoms with Crippen molar-refractivity contribution in [2.75, 3.05) is 44.6 Å². The van der Waals surface area contributed by atoms with Crippen LogP contribution < -0.4 is 5.32 Å². The summed E-state index contributed by atoms with van der Waals surface area (Å²) in [6, 6.07) is 1.77. The van der Waals surface area contributed by atoms with E-state index in [1.807, 2.05) is 11.8 Å². The van der Waals surface area contributed by atoms with Gasteiger partial charge in [0.15, 0.2) is 0 Å². The molecule has 0 radical (unpaired) electrons. The highest BCUT2D eigenvalue weighted by atomic mass is 16.3. The molecule has 1 saturated heterocycles. The number of carbonyl (C=O) groups excluding carboxylic acids is 1. The van der Waals surface area contributed by atoms with E-state index in [9.17, 15) is 9.90 Å². The van der Waals surface area contributed by atoms with Gasteiger partial charge in [-0.3, -0.25) is 9.69 Å². The normalized spacial score (nSPS) is 17.0. The predicted octanol–water partition coefficient (Wildman–Crippen LogP) is 0.584. The van der Waals surface area contributed by atoms with Crippen molar-refractivity contribution < 1.29 is 9.90 Å². The van der Waals surface area contributed by atoms with Gasteiger partial charge >= 0.3 is 0 Å². The lowest BCUT2D eigenvalue weighted by Crippen LogP contribution is -2.50. The van der Waals surface area contributed by atoms with Crippen molar-refractivity contribution >= 4 is 11.9 Å². The van der Waals surface area contributed by atoms with Crippen LogP contribution in [0, 0.1) is 0 Å². The highest BCUT2D eigenvalue weighted by molar-refractivity contribution is 5.76. The van der Waals surface area contributed by atoms with Crippen LogP contribution in [0.5, 0.6) is 0 Å². The number of nitrogens with one attached hydrogen (secondary N) is 1. The standard InChI is InChI=1S/C16H27N5O2/c1-2-14(22)13-20-9-11-21(12-10-20)15(23)5-3-6-17-16-18-7-4-8-19-16/h4,7-8,14,22H,2-3,5-6,9-13H2,1H3,(H,17,18,19). The molecule has 1 aliphatic heterocycles. The number of hydrogen-bond donors (Lipinski definition) is 2. The minimum Gasteiger partial charge on any atom is -0.392 e. The fraction of sp³-hybridized carbons (Fsp3) is 0.688. The van der Waals surface area contributed by atoms with Crippen LogP contribution in [0.1, 0.15) is 26.2 Å². The van der Waals surface area contributed by atoms with E-state index in [2.05, 4.69) is 20.2 Å². The molecule has 1 fully saturated rings. The van der Waals surface area contributed by atoms with Crippen LogP contribution in [0.25, 0.3) is 0 Å². The Bertz CT molecular complexity index is 463. The fourth-order valence-electron chi connectivity index (χ4n) is 2.60. The van der Waals surface area contributed by atoms with Crippen LogP contribution in [0.15, 0.2) is 18.5 Å². The zero-order valence-corrected chi connectivity index (χ0v) is 13.8. The smallest absolute Gasteiger partial charge is 0.222 e. The first-order valence-electron chi connectivity index (χ1n) is 8.38. The maximum absolute atomic E-state index is 12.2. The van der Waals surface area contributed by atoms with Crippen molar-refractivity contribution in [1.82, 2.24) is 19.8 Å². The number of anilines is 1. The number of aliphatic hydroxyl groups is 1. The maximum Gasteiger partial charge on any atom is 0.222 e. The molecule has 1 aromatic heterocycles. The Morgan fingerprint density at radius 2 is 2.00 bits per heavy atom. The first kappa shape index (κ1) is 17.6. The quantitative estimate of drug-likeness (QED) is 0.682. The van der Waals surface area contributed by atoms with Gasteiger partial charge in [-0.15, -0.1) is 0 Å². The summed E-state index contributed by atoms with van der Waals surface area (Å²) < 4.78 is 0. The van der Waals surface area contributed by atoms with Gasteiger partial charge in [-0.05, 0) is 18.9 Å². The number of β-amino-alcohol motifs (C(OH)–C–C–N with tert-alkyl or cyclic N) is 1. The third-order valence-electron chi connectivity index (χ3n) is 4.08. The van der Waals surface area contributed by atoms with Crippen molar-refractivity contribution in [2.45, 2.75) is 32.3 Å². The Labute approximate surface area is 137 Å². The Hall–Kier alpha value is -1.73. The van der Waals surface area contributed by atoms with Crippen LogP contribution in [0.2, 0.25) is 0 Å². The molecule has 7 heteroatoms. The molecule has 23 heavy (non-hydrogen) atoms. The van der Waals surface area contributed by atoms with Crippen LogP contribution in [0.4, 0.5) is 5.95 Å². The number of aromatic nitrogens is 2. The molecule has 2 N–H and O–H groups in total. The molecule has 1 aromatic rings. The predicted molar refractivity (Wildman–Crippen MR) is 89.1 cm³/mol. The monoisotopic (exact) mass is 321 g/mol. The lowest BCUT2D eigenvalue weighted by Gasteiger charge is -2.35. The first-order chi connectivity index (χ1) is 11.2. The van der Waals surface area contributed by atoms with Gasteiger partial charge in [0.1, 0.15) is 0 Å². The summed E-state index contributed by atoms with van der Waals surface area (Å²) in [5.74, 6) is 0.805. The molecule has 1 aliphatic rings. The third-order valence-corrected chi connectivity index (χ3v) is 4.08. The number of rotatable bonds is 8. The Balaban J connectivity index is 1.60. The summed E-state index contributed by atoms with van der Waals surface area (Å²) >= 11 is 0. The first-order valence-corrected chi connectivity index (χ1v) is 8.38. The van der Waals surface area contributed by atoms with Gasteiger partial charge in [0.05, 0.1) is 6.10 Å². The zero-order chi connectivity index (χ0) is 16.5. The second-order valence-electron chi connectivity index (χ2n) is 5.85. The highest BCUT2D eigenvalue weighted by Crippen LogP contribution is 2.07. The lowest BCUT2D eigenvalue weighted by atomic mass is 10.2. The second-order valence-corrected chi connectivity index (χ2v) is 5.85. The molecule has 1 unspecified atom stereocenters. The van der Waals surface area contributed by atoms with E-state index >= 15 is 0 Å². The molecule has 7 nitrogen and oxygen atoms in total. The number of piperazine rings is 1. The van der Waals surface area contributed by atoms with Crippen LogP contribution in [-0.2, 0) is 4.79 Å². The third kappa shape index (κ3) is 6.11. The zero-order valence-electron chi connectivity index (χ0n) is 13.8. The van der Waals surface area contributed by atoms with Gasteiger partial charge in [-0.2, -0.15) is 0 Å². The Kier molecular flexibility index (Phi) is 7.22. The van der Waals surface area contributed by atoms with Gasteiger partial charge < -0.3 is 15.3 Å². The Morgan fingerprint density at radius 1 is 1.30 bits per heavy atom. The molecule has 0 spiro atoms. The van der Waals surface area contributed by atoms with E-state index in [0.717, 1.165) is 39.0 Å². The minimum atomic E-state index is -0.261. The van der Waals surface area contributed by atoms with Gasteiger partial charge in [0.25, 0.3) is 0 Å². The summed E-state index contributed by atoms with van der Waals surface area (Å²) in [6.45, 7) is 6.59. The molecule has 2 rings (SSSR count). The van der Waals surface area contributed by atoms with Crippen LogP contribution in [0.3, 0.4) is 0 Å². The van der Waals surface area contributed by atoms with Crippen molar-refractivity contribution in [2.24, 2.45) is 0 Å². The molecular formula is C16H27N5O2. The van der Waals surface area contributed by atoms with Crippen molar-refractivity contribution in [3.63, 3.8) is 0 Å². The topological polar surface area (TPSA) is 81.6 Å². The summed E-state index contributed by atoms with van der Waals surface area (Å²) in [5, 5.41) is 12.8. The highest BCUT2D eigenvalue weighted by Gasteiger charge is 2.21. The molecule has 0 aliphatic carbocycles. The second kappa shape index (κ2) is 9.42. The number of nitrogens with zero attached hydrogens (tertiary/aromatic N) is 4. The van der Waals surface area contributed by atoms with Crippen molar-refractivity contribution in [1.29, 1.82) is 0 Å². The molecule has 1 amide bonds. The summed E-state index contributed by atoms with van der Waals surface area (Å²) in [5.41, 5.74) is 0. The van der Waals surface area contributed by atoms with E-state index in [1.54, 1.807) is 18.5 Å². The van der Waals surface area contributed by atoms with Crippen molar-refractivity contribution in [3.05, 3.63) is 18.5 Å². The average Bonchev–Trinajstić information content (AvgIpc) is 2.60. The van der Waals surface area contributed by atoms with Gasteiger partial charge in [0, 0.05) is 58.1 Å². The fourth-order valence-corrected chi connectivity index (χ4v) is 2.60. The van der Waals surface area contributed by atoms with E-state index in [1.165, 1.54) is 0 Å². The molecule has 0 aromatic carbocycles. The molecule has 128 valence electrons. The summed E-state index contributed by atoms with van der Waals surface area (Å²) in [7, 11) is 0. The summed E-state index contributed by atoms with van der Waals surface area (Å²) in [6.07, 6.45) is 5.20. The lowest BCUT2D eigenvalue weighted by molar-refractivity contribution is -0.133. The maximum atomic E-state index is 12.2. The Morgan fingerprint density at radius 3 is 2.65 bits per heavy atom. The largest absolute Gasteiger partial charge is 0.392 e. The molecule has 0 bridgehead atoms. The average molecular weight is 321 g/mol. The van der Waals surface area contributed by atoms with E-state index < -0.39 is 0 Å². The van der Waals surface area contributed by atoms with Gasteiger partial charge in [0.2, 0.25) is 11.9 Å². The van der Waals surface area contributed by atoms with Crippen LogP contribution >= 0.6 is 0 Å². The summed E-state index contributed by atoms with van der Waals surface area (Å²) in [4.78, 5) is 24.5. The van der Waals surface area contributed by atoms with E-state index in [0.29, 0.717) is 25.5 Å². The molecule has 0 saturated carbocycles. The van der Waals surface area contributed by atoms with E-state index in [4.69, 9.17) is 0 Å². The molecular weight excluding hydrogens is 294 g/mol. The minimum absolute atomic E-state index is 0.205. The SMILES string of the molecule is CCC(O)CN1CCN(C(=O)CCCNc2ncccn2)CC1. The van der Waals surface area contributed by atoms with Crippen LogP contribution in [-0.4, -0.2) is 76.2 Å².